The van der Waals surface area contributed by atoms with Crippen LogP contribution >= 0.6 is 0 Å². The summed E-state index contributed by atoms with van der Waals surface area (Å²) < 4.78 is 10.5. The molecule has 0 atom stereocenters. The first-order chi connectivity index (χ1) is 14.4. The summed E-state index contributed by atoms with van der Waals surface area (Å²) in [7, 11) is 3.14. The third-order valence-electron chi connectivity index (χ3n) is 5.16. The van der Waals surface area contributed by atoms with Crippen LogP contribution in [-0.4, -0.2) is 31.7 Å². The van der Waals surface area contributed by atoms with Crippen molar-refractivity contribution in [2.45, 2.75) is 20.3 Å². The smallest absolute Gasteiger partial charge is 0.251 e. The minimum Gasteiger partial charge on any atom is -0.493 e. The molecule has 6 nitrogen and oxygen atoms in total. The molecule has 0 spiro atoms. The topological polar surface area (TPSA) is 80.4 Å². The zero-order chi connectivity index (χ0) is 21.7. The monoisotopic (exact) mass is 406 g/mol. The van der Waals surface area contributed by atoms with Crippen molar-refractivity contribution in [3.05, 3.63) is 75.1 Å². The molecule has 0 saturated heterocycles. The number of fused-ring (bicyclic) bond motifs is 1. The Morgan fingerprint density at radius 2 is 1.83 bits per heavy atom. The number of H-pyrrole nitrogens is 1. The summed E-state index contributed by atoms with van der Waals surface area (Å²) in [4.78, 5) is 27.5. The number of amides is 1. The molecule has 0 fully saturated rings. The van der Waals surface area contributed by atoms with E-state index in [4.69, 9.17) is 9.47 Å². The Bertz CT molecular complexity index is 1160. The van der Waals surface area contributed by atoms with Gasteiger partial charge in [0.05, 0.1) is 19.7 Å². The van der Waals surface area contributed by atoms with Gasteiger partial charge in [-0.2, -0.15) is 0 Å². The van der Waals surface area contributed by atoms with E-state index in [1.165, 1.54) is 6.08 Å². The number of pyridine rings is 1. The van der Waals surface area contributed by atoms with Gasteiger partial charge >= 0.3 is 0 Å². The molecule has 2 aromatic carbocycles. The summed E-state index contributed by atoms with van der Waals surface area (Å²) in [5.74, 6) is 1.000. The Kier molecular flexibility index (Phi) is 6.57. The molecule has 6 heteroatoms. The number of carbonyl (C=O) groups is 1. The highest BCUT2D eigenvalue weighted by Gasteiger charge is 2.07. The number of nitrogens with one attached hydrogen (secondary N) is 2. The van der Waals surface area contributed by atoms with E-state index in [0.717, 1.165) is 27.6 Å². The number of hydrogen-bond donors (Lipinski definition) is 2. The molecular weight excluding hydrogens is 380 g/mol. The van der Waals surface area contributed by atoms with Gasteiger partial charge in [-0.15, -0.1) is 0 Å². The SMILES string of the molecule is COc1ccc(/C=C/C(=O)NCCc2cc3ccc(C)c(C)c3[nH]c2=O)cc1OC. The molecule has 1 aromatic heterocycles. The van der Waals surface area contributed by atoms with E-state index in [1.54, 1.807) is 32.4 Å². The lowest BCUT2D eigenvalue weighted by Gasteiger charge is -2.08. The number of aromatic nitrogens is 1. The van der Waals surface area contributed by atoms with Crippen molar-refractivity contribution >= 4 is 22.9 Å². The molecule has 0 radical (unpaired) electrons. The Balaban J connectivity index is 1.62. The fourth-order valence-electron chi connectivity index (χ4n) is 3.26. The average molecular weight is 406 g/mol. The fraction of sp³-hybridized carbons (Fsp3) is 0.250. The molecule has 0 bridgehead atoms. The van der Waals surface area contributed by atoms with Crippen molar-refractivity contribution in [2.24, 2.45) is 0 Å². The van der Waals surface area contributed by atoms with E-state index in [0.29, 0.717) is 30.0 Å². The molecule has 156 valence electrons. The zero-order valence-electron chi connectivity index (χ0n) is 17.7. The van der Waals surface area contributed by atoms with Gasteiger partial charge in [-0.1, -0.05) is 18.2 Å². The number of hydrogen-bond acceptors (Lipinski definition) is 4. The van der Waals surface area contributed by atoms with E-state index in [9.17, 15) is 9.59 Å². The van der Waals surface area contributed by atoms with Crippen LogP contribution < -0.4 is 20.3 Å². The molecule has 1 heterocycles. The Labute approximate surface area is 175 Å². The lowest BCUT2D eigenvalue weighted by atomic mass is 10.0. The minimum absolute atomic E-state index is 0.119. The molecule has 0 unspecified atom stereocenters. The van der Waals surface area contributed by atoms with Gasteiger partial charge in [0.25, 0.3) is 5.56 Å². The van der Waals surface area contributed by atoms with Crippen molar-refractivity contribution < 1.29 is 14.3 Å². The number of aryl methyl sites for hydroxylation is 2. The summed E-state index contributed by atoms with van der Waals surface area (Å²) in [5.41, 5.74) is 4.43. The largest absolute Gasteiger partial charge is 0.493 e. The molecule has 0 aliphatic rings. The second-order valence-electron chi connectivity index (χ2n) is 7.08. The molecular formula is C24H26N2O4. The van der Waals surface area contributed by atoms with Crippen LogP contribution in [-0.2, 0) is 11.2 Å². The van der Waals surface area contributed by atoms with Gasteiger partial charge < -0.3 is 19.8 Å². The third-order valence-corrected chi connectivity index (χ3v) is 5.16. The molecule has 0 aliphatic heterocycles. The van der Waals surface area contributed by atoms with Gasteiger partial charge in [-0.05, 0) is 66.6 Å². The van der Waals surface area contributed by atoms with Gasteiger partial charge in [0.2, 0.25) is 5.91 Å². The molecule has 3 rings (SSSR count). The average Bonchev–Trinajstić information content (AvgIpc) is 2.75. The lowest BCUT2D eigenvalue weighted by Crippen LogP contribution is -2.25. The third kappa shape index (κ3) is 4.71. The quantitative estimate of drug-likeness (QED) is 0.588. The Morgan fingerprint density at radius 3 is 2.57 bits per heavy atom. The normalized spacial score (nSPS) is 11.1. The minimum atomic E-state index is -0.228. The van der Waals surface area contributed by atoms with Crippen molar-refractivity contribution in [1.82, 2.24) is 10.3 Å². The van der Waals surface area contributed by atoms with Crippen LogP contribution in [0.1, 0.15) is 22.3 Å². The molecule has 0 aliphatic carbocycles. The highest BCUT2D eigenvalue weighted by molar-refractivity contribution is 5.91. The van der Waals surface area contributed by atoms with Crippen LogP contribution in [0.4, 0.5) is 0 Å². The summed E-state index contributed by atoms with van der Waals surface area (Å²) >= 11 is 0. The molecule has 1 amide bonds. The maximum absolute atomic E-state index is 12.4. The lowest BCUT2D eigenvalue weighted by molar-refractivity contribution is -0.116. The number of aromatic amines is 1. The molecule has 3 aromatic rings. The van der Waals surface area contributed by atoms with Crippen LogP contribution in [0.2, 0.25) is 0 Å². The highest BCUT2D eigenvalue weighted by Crippen LogP contribution is 2.27. The van der Waals surface area contributed by atoms with Crippen molar-refractivity contribution in [3.8, 4) is 11.5 Å². The fourth-order valence-corrected chi connectivity index (χ4v) is 3.26. The van der Waals surface area contributed by atoms with Gasteiger partial charge in [-0.3, -0.25) is 9.59 Å². The molecule has 30 heavy (non-hydrogen) atoms. The number of carbonyl (C=O) groups excluding carboxylic acids is 1. The summed E-state index contributed by atoms with van der Waals surface area (Å²) in [6.45, 7) is 4.39. The summed E-state index contributed by atoms with van der Waals surface area (Å²) in [6, 6.07) is 11.4. The Hall–Kier alpha value is -3.54. The summed E-state index contributed by atoms with van der Waals surface area (Å²) in [6.07, 6.45) is 3.61. The van der Waals surface area contributed by atoms with Crippen LogP contribution in [0.5, 0.6) is 11.5 Å². The first-order valence-electron chi connectivity index (χ1n) is 9.73. The van der Waals surface area contributed by atoms with Crippen LogP contribution in [0.3, 0.4) is 0 Å². The van der Waals surface area contributed by atoms with Crippen molar-refractivity contribution in [1.29, 1.82) is 0 Å². The van der Waals surface area contributed by atoms with E-state index in [-0.39, 0.29) is 11.5 Å². The van der Waals surface area contributed by atoms with Gasteiger partial charge in [0.1, 0.15) is 0 Å². The van der Waals surface area contributed by atoms with Crippen LogP contribution in [0.25, 0.3) is 17.0 Å². The number of ether oxygens (including phenoxy) is 2. The summed E-state index contributed by atoms with van der Waals surface area (Å²) in [5, 5.41) is 3.81. The van der Waals surface area contributed by atoms with Crippen LogP contribution in [0.15, 0.2) is 47.3 Å². The maximum Gasteiger partial charge on any atom is 0.251 e. The highest BCUT2D eigenvalue weighted by atomic mass is 16.5. The first-order valence-corrected chi connectivity index (χ1v) is 9.73. The number of rotatable bonds is 7. The number of benzene rings is 2. The van der Waals surface area contributed by atoms with Gasteiger partial charge in [0.15, 0.2) is 11.5 Å². The number of methoxy groups -OCH3 is 2. The maximum atomic E-state index is 12.4. The van der Waals surface area contributed by atoms with E-state index >= 15 is 0 Å². The van der Waals surface area contributed by atoms with E-state index in [1.807, 2.05) is 38.1 Å². The second kappa shape index (κ2) is 9.31. The van der Waals surface area contributed by atoms with Gasteiger partial charge in [-0.25, -0.2) is 0 Å². The Morgan fingerprint density at radius 1 is 1.07 bits per heavy atom. The first kappa shape index (κ1) is 21.2. The predicted molar refractivity (Wildman–Crippen MR) is 119 cm³/mol. The predicted octanol–water partition coefficient (Wildman–Crippen LogP) is 3.53. The van der Waals surface area contributed by atoms with E-state index in [2.05, 4.69) is 10.3 Å². The van der Waals surface area contributed by atoms with Crippen molar-refractivity contribution in [2.75, 3.05) is 20.8 Å². The molecule has 0 saturated carbocycles. The zero-order valence-corrected chi connectivity index (χ0v) is 17.7. The molecule has 2 N–H and O–H groups in total. The van der Waals surface area contributed by atoms with Crippen LogP contribution in [0, 0.1) is 13.8 Å². The standard InChI is InChI=1S/C24H26N2O4/c1-15-5-8-18-14-19(24(28)26-23(18)16(15)2)11-12-25-22(27)10-7-17-6-9-20(29-3)21(13-17)30-4/h5-10,13-14H,11-12H2,1-4H3,(H,25,27)(H,26,28)/b10-7+. The van der Waals surface area contributed by atoms with Gasteiger partial charge in [0, 0.05) is 18.2 Å². The second-order valence-corrected chi connectivity index (χ2v) is 7.08. The van der Waals surface area contributed by atoms with Crippen molar-refractivity contribution in [3.63, 3.8) is 0 Å². The van der Waals surface area contributed by atoms with E-state index < -0.39 is 0 Å².